The van der Waals surface area contributed by atoms with Gasteiger partial charge in [-0.1, -0.05) is 28.1 Å². The lowest BCUT2D eigenvalue weighted by atomic mass is 10.1. The van der Waals surface area contributed by atoms with Crippen LogP contribution in [0.25, 0.3) is 0 Å². The van der Waals surface area contributed by atoms with Crippen LogP contribution in [-0.4, -0.2) is 23.2 Å². The molecule has 18 heavy (non-hydrogen) atoms. The molecule has 1 aromatic carbocycles. The topological polar surface area (TPSA) is 58.2 Å². The van der Waals surface area contributed by atoms with E-state index in [4.69, 9.17) is 0 Å². The van der Waals surface area contributed by atoms with E-state index in [9.17, 15) is 9.59 Å². The lowest BCUT2D eigenvalue weighted by Crippen LogP contribution is -2.37. The van der Waals surface area contributed by atoms with E-state index in [1.54, 1.807) is 33.0 Å². The predicted molar refractivity (Wildman–Crippen MR) is 74.7 cm³/mol. The smallest absolute Gasteiger partial charge is 0.251 e. The third kappa shape index (κ3) is 4.14. The Balaban J connectivity index is 2.60. The minimum absolute atomic E-state index is 0.0714. The second-order valence-electron chi connectivity index (χ2n) is 4.43. The maximum absolute atomic E-state index is 11.6. The summed E-state index contributed by atoms with van der Waals surface area (Å²) >= 11 is 3.29. The van der Waals surface area contributed by atoms with Crippen molar-refractivity contribution in [2.45, 2.75) is 24.7 Å². The van der Waals surface area contributed by atoms with Gasteiger partial charge in [-0.2, -0.15) is 0 Å². The molecule has 0 spiro atoms. The number of hydrogen-bond donors (Lipinski definition) is 2. The Morgan fingerprint density at radius 3 is 2.22 bits per heavy atom. The Morgan fingerprint density at radius 1 is 1.22 bits per heavy atom. The average Bonchev–Trinajstić information content (AvgIpc) is 2.34. The maximum atomic E-state index is 11.6. The fourth-order valence-corrected chi connectivity index (χ4v) is 1.45. The van der Waals surface area contributed by atoms with Crippen molar-refractivity contribution in [2.24, 2.45) is 0 Å². The van der Waals surface area contributed by atoms with Crippen molar-refractivity contribution in [3.63, 3.8) is 0 Å². The van der Waals surface area contributed by atoms with Crippen LogP contribution in [0, 0.1) is 0 Å². The molecule has 0 aromatic heterocycles. The van der Waals surface area contributed by atoms with Crippen LogP contribution in [0.5, 0.6) is 0 Å². The summed E-state index contributed by atoms with van der Waals surface area (Å²) in [5, 5.41) is 5.37. The first-order valence-corrected chi connectivity index (χ1v) is 6.42. The molecule has 0 aliphatic carbocycles. The Kier molecular flexibility index (Phi) is 4.90. The number of benzene rings is 1. The van der Waals surface area contributed by atoms with Gasteiger partial charge >= 0.3 is 0 Å². The predicted octanol–water partition coefficient (Wildman–Crippen LogP) is 1.84. The monoisotopic (exact) mass is 312 g/mol. The van der Waals surface area contributed by atoms with E-state index in [2.05, 4.69) is 26.6 Å². The van der Waals surface area contributed by atoms with Gasteiger partial charge in [0.05, 0.1) is 4.32 Å². The second-order valence-corrected chi connectivity index (χ2v) is 6.41. The fourth-order valence-electron chi connectivity index (χ4n) is 1.31. The van der Waals surface area contributed by atoms with Crippen LogP contribution in [0.2, 0.25) is 0 Å². The van der Waals surface area contributed by atoms with Gasteiger partial charge in [0.1, 0.15) is 0 Å². The fraction of sp³-hybridized carbons (Fsp3) is 0.385. The van der Waals surface area contributed by atoms with E-state index >= 15 is 0 Å². The molecule has 0 bridgehead atoms. The molecule has 0 atom stereocenters. The summed E-state index contributed by atoms with van der Waals surface area (Å²) < 4.78 is -0.574. The highest BCUT2D eigenvalue weighted by Crippen LogP contribution is 2.15. The minimum Gasteiger partial charge on any atom is -0.355 e. The van der Waals surface area contributed by atoms with Crippen LogP contribution in [0.3, 0.4) is 0 Å². The van der Waals surface area contributed by atoms with Crippen molar-refractivity contribution in [3.8, 4) is 0 Å². The molecular weight excluding hydrogens is 296 g/mol. The Hall–Kier alpha value is -1.36. The van der Waals surface area contributed by atoms with Crippen LogP contribution in [0.4, 0.5) is 0 Å². The van der Waals surface area contributed by atoms with Crippen molar-refractivity contribution in [1.82, 2.24) is 10.6 Å². The number of carbonyl (C=O) groups is 2. The van der Waals surface area contributed by atoms with Crippen LogP contribution in [0.1, 0.15) is 29.8 Å². The van der Waals surface area contributed by atoms with Crippen LogP contribution >= 0.6 is 15.9 Å². The zero-order chi connectivity index (χ0) is 13.8. The number of nitrogens with one attached hydrogen (secondary N) is 2. The Labute approximate surface area is 115 Å². The third-order valence-electron chi connectivity index (χ3n) is 2.44. The number of halogens is 1. The quantitative estimate of drug-likeness (QED) is 0.833. The van der Waals surface area contributed by atoms with Crippen LogP contribution in [-0.2, 0) is 11.3 Å². The van der Waals surface area contributed by atoms with Crippen molar-refractivity contribution < 1.29 is 9.59 Å². The SMILES string of the molecule is CNC(=O)c1ccc(CNC(=O)C(C)(C)Br)cc1. The highest BCUT2D eigenvalue weighted by molar-refractivity contribution is 9.10. The molecule has 0 aliphatic rings. The van der Waals surface area contributed by atoms with Crippen molar-refractivity contribution in [3.05, 3.63) is 35.4 Å². The molecule has 0 saturated carbocycles. The van der Waals surface area contributed by atoms with Gasteiger partial charge in [-0.25, -0.2) is 0 Å². The molecule has 0 heterocycles. The zero-order valence-electron chi connectivity index (χ0n) is 10.7. The molecule has 0 saturated heterocycles. The highest BCUT2D eigenvalue weighted by Gasteiger charge is 2.22. The van der Waals surface area contributed by atoms with E-state index < -0.39 is 4.32 Å². The normalized spacial score (nSPS) is 10.9. The third-order valence-corrected chi connectivity index (χ3v) is 2.80. The molecule has 5 heteroatoms. The first-order valence-electron chi connectivity index (χ1n) is 5.63. The Bertz CT molecular complexity index is 435. The standard InChI is InChI=1S/C13H17BrN2O2/c1-13(2,14)12(18)16-8-9-4-6-10(7-5-9)11(17)15-3/h4-7H,8H2,1-3H3,(H,15,17)(H,16,18). The summed E-state index contributed by atoms with van der Waals surface area (Å²) in [6.45, 7) is 4.02. The minimum atomic E-state index is -0.574. The Morgan fingerprint density at radius 2 is 1.78 bits per heavy atom. The first-order chi connectivity index (χ1) is 8.34. The number of rotatable bonds is 4. The summed E-state index contributed by atoms with van der Waals surface area (Å²) in [6.07, 6.45) is 0. The number of hydrogen-bond acceptors (Lipinski definition) is 2. The van der Waals surface area contributed by atoms with Crippen LogP contribution < -0.4 is 10.6 Å². The number of carbonyl (C=O) groups excluding carboxylic acids is 2. The second kappa shape index (κ2) is 6.00. The van der Waals surface area contributed by atoms with Crippen molar-refractivity contribution in [1.29, 1.82) is 0 Å². The van der Waals surface area contributed by atoms with Gasteiger partial charge in [0.25, 0.3) is 5.91 Å². The van der Waals surface area contributed by atoms with Gasteiger partial charge in [0.15, 0.2) is 0 Å². The van der Waals surface area contributed by atoms with E-state index in [1.807, 2.05) is 12.1 Å². The summed E-state index contributed by atoms with van der Waals surface area (Å²) in [4.78, 5) is 23.0. The summed E-state index contributed by atoms with van der Waals surface area (Å²) in [5.74, 6) is -0.190. The summed E-state index contributed by atoms with van der Waals surface area (Å²) in [7, 11) is 1.59. The summed E-state index contributed by atoms with van der Waals surface area (Å²) in [6, 6.07) is 7.12. The molecule has 1 aromatic rings. The van der Waals surface area contributed by atoms with E-state index in [0.717, 1.165) is 5.56 Å². The maximum Gasteiger partial charge on any atom is 0.251 e. The van der Waals surface area contributed by atoms with Crippen LogP contribution in [0.15, 0.2) is 24.3 Å². The summed E-state index contributed by atoms with van der Waals surface area (Å²) in [5.41, 5.74) is 1.56. The van der Waals surface area contributed by atoms with Gasteiger partial charge < -0.3 is 10.6 Å². The molecule has 2 N–H and O–H groups in total. The van der Waals surface area contributed by atoms with Gasteiger partial charge in [-0.05, 0) is 31.5 Å². The zero-order valence-corrected chi connectivity index (χ0v) is 12.3. The van der Waals surface area contributed by atoms with Crippen molar-refractivity contribution >= 4 is 27.7 Å². The van der Waals surface area contributed by atoms with E-state index in [1.165, 1.54) is 0 Å². The molecule has 2 amide bonds. The number of alkyl halides is 1. The van der Waals surface area contributed by atoms with Gasteiger partial charge in [0, 0.05) is 19.2 Å². The van der Waals surface area contributed by atoms with Crippen molar-refractivity contribution in [2.75, 3.05) is 7.05 Å². The largest absolute Gasteiger partial charge is 0.355 e. The van der Waals surface area contributed by atoms with E-state index in [0.29, 0.717) is 12.1 Å². The molecule has 1 rings (SSSR count). The number of amides is 2. The van der Waals surface area contributed by atoms with E-state index in [-0.39, 0.29) is 11.8 Å². The van der Waals surface area contributed by atoms with Gasteiger partial charge in [-0.15, -0.1) is 0 Å². The molecule has 4 nitrogen and oxygen atoms in total. The average molecular weight is 313 g/mol. The molecule has 0 fully saturated rings. The lowest BCUT2D eigenvalue weighted by Gasteiger charge is -2.15. The highest BCUT2D eigenvalue weighted by atomic mass is 79.9. The van der Waals surface area contributed by atoms with Gasteiger partial charge in [-0.3, -0.25) is 9.59 Å². The molecular formula is C13H17BrN2O2. The molecule has 0 aliphatic heterocycles. The molecule has 98 valence electrons. The molecule has 0 unspecified atom stereocenters. The first kappa shape index (κ1) is 14.7. The molecule has 0 radical (unpaired) electrons. The van der Waals surface area contributed by atoms with Gasteiger partial charge in [0.2, 0.25) is 5.91 Å². The lowest BCUT2D eigenvalue weighted by molar-refractivity contribution is -0.122.